The Morgan fingerprint density at radius 3 is 2.79 bits per heavy atom. The van der Waals surface area contributed by atoms with E-state index in [1.807, 2.05) is 12.1 Å². The molecule has 1 saturated heterocycles. The predicted molar refractivity (Wildman–Crippen MR) is 73.7 cm³/mol. The minimum Gasteiger partial charge on any atom is -0.377 e. The molecule has 2 fully saturated rings. The smallest absolute Gasteiger partial charge is 0.126 e. The van der Waals surface area contributed by atoms with E-state index in [1.165, 1.54) is 6.42 Å². The highest BCUT2D eigenvalue weighted by atomic mass is 19.1. The minimum atomic E-state index is -0.0573. The summed E-state index contributed by atoms with van der Waals surface area (Å²) in [5, 5.41) is 3.63. The quantitative estimate of drug-likeness (QED) is 0.900. The molecule has 1 aromatic carbocycles. The van der Waals surface area contributed by atoms with Crippen molar-refractivity contribution in [2.45, 2.75) is 56.7 Å². The standard InChI is InChI=1S/C16H22FNO/c1-11(16-7-4-8-19-16)18-13-9-12(10-13)14-5-2-3-6-15(14)17/h2-3,5-6,11-13,16,18H,4,7-10H2,1H3. The van der Waals surface area contributed by atoms with E-state index >= 15 is 0 Å². The van der Waals surface area contributed by atoms with E-state index in [0.29, 0.717) is 24.1 Å². The summed E-state index contributed by atoms with van der Waals surface area (Å²) < 4.78 is 19.3. The Labute approximate surface area is 114 Å². The van der Waals surface area contributed by atoms with Crippen molar-refractivity contribution in [3.8, 4) is 0 Å². The summed E-state index contributed by atoms with van der Waals surface area (Å²) >= 11 is 0. The van der Waals surface area contributed by atoms with Gasteiger partial charge in [0.05, 0.1) is 6.10 Å². The van der Waals surface area contributed by atoms with Gasteiger partial charge in [-0.2, -0.15) is 0 Å². The van der Waals surface area contributed by atoms with Crippen LogP contribution in [0.1, 0.15) is 44.1 Å². The number of benzene rings is 1. The highest BCUT2D eigenvalue weighted by molar-refractivity contribution is 5.24. The van der Waals surface area contributed by atoms with E-state index in [1.54, 1.807) is 12.1 Å². The molecule has 0 aromatic heterocycles. The molecule has 2 aliphatic rings. The molecule has 1 saturated carbocycles. The molecule has 3 rings (SSSR count). The average molecular weight is 263 g/mol. The number of nitrogens with one attached hydrogen (secondary N) is 1. The SMILES string of the molecule is CC(NC1CC(c2ccccc2F)C1)C1CCCO1. The molecule has 1 aromatic rings. The third-order valence-electron chi connectivity index (χ3n) is 4.50. The second-order valence-electron chi connectivity index (χ2n) is 5.89. The summed E-state index contributed by atoms with van der Waals surface area (Å²) in [7, 11) is 0. The summed E-state index contributed by atoms with van der Waals surface area (Å²) in [4.78, 5) is 0. The highest BCUT2D eigenvalue weighted by Gasteiger charge is 2.34. The first-order chi connectivity index (χ1) is 9.24. The summed E-state index contributed by atoms with van der Waals surface area (Å²) in [6, 6.07) is 8.09. The van der Waals surface area contributed by atoms with Crippen molar-refractivity contribution in [1.29, 1.82) is 0 Å². The maximum absolute atomic E-state index is 13.7. The molecule has 0 spiro atoms. The van der Waals surface area contributed by atoms with Gasteiger partial charge in [-0.1, -0.05) is 18.2 Å². The second kappa shape index (κ2) is 5.59. The van der Waals surface area contributed by atoms with Gasteiger partial charge in [-0.25, -0.2) is 4.39 Å². The van der Waals surface area contributed by atoms with Gasteiger partial charge in [-0.3, -0.25) is 0 Å². The molecule has 104 valence electrons. The minimum absolute atomic E-state index is 0.0573. The van der Waals surface area contributed by atoms with Crippen molar-refractivity contribution >= 4 is 0 Å². The van der Waals surface area contributed by atoms with Crippen molar-refractivity contribution < 1.29 is 9.13 Å². The molecule has 0 radical (unpaired) electrons. The number of hydrogen-bond donors (Lipinski definition) is 1. The molecule has 1 aliphatic carbocycles. The number of rotatable bonds is 4. The van der Waals surface area contributed by atoms with Gasteiger partial charge in [0.15, 0.2) is 0 Å². The summed E-state index contributed by atoms with van der Waals surface area (Å²) in [5.41, 5.74) is 0.880. The fraction of sp³-hybridized carbons (Fsp3) is 0.625. The second-order valence-corrected chi connectivity index (χ2v) is 5.89. The van der Waals surface area contributed by atoms with Crippen LogP contribution in [-0.4, -0.2) is 24.8 Å². The third-order valence-corrected chi connectivity index (χ3v) is 4.50. The lowest BCUT2D eigenvalue weighted by atomic mass is 9.75. The Hall–Kier alpha value is -0.930. The molecule has 3 heteroatoms. The van der Waals surface area contributed by atoms with Crippen LogP contribution < -0.4 is 5.32 Å². The van der Waals surface area contributed by atoms with Crippen LogP contribution in [0, 0.1) is 5.82 Å². The Kier molecular flexibility index (Phi) is 3.85. The van der Waals surface area contributed by atoms with Crippen molar-refractivity contribution in [3.05, 3.63) is 35.6 Å². The molecule has 2 nitrogen and oxygen atoms in total. The van der Waals surface area contributed by atoms with Gasteiger partial charge in [0, 0.05) is 18.7 Å². The third kappa shape index (κ3) is 2.82. The fourth-order valence-electron chi connectivity index (χ4n) is 3.29. The van der Waals surface area contributed by atoms with E-state index in [4.69, 9.17) is 4.74 Å². The Morgan fingerprint density at radius 1 is 1.32 bits per heavy atom. The first-order valence-electron chi connectivity index (χ1n) is 7.36. The zero-order valence-electron chi connectivity index (χ0n) is 11.4. The van der Waals surface area contributed by atoms with Gasteiger partial charge in [0.25, 0.3) is 0 Å². The predicted octanol–water partition coefficient (Wildman–Crippen LogP) is 3.23. The maximum atomic E-state index is 13.7. The average Bonchev–Trinajstić information content (AvgIpc) is 2.88. The number of ether oxygens (including phenoxy) is 1. The molecular weight excluding hydrogens is 241 g/mol. The largest absolute Gasteiger partial charge is 0.377 e. The van der Waals surface area contributed by atoms with Crippen molar-refractivity contribution in [1.82, 2.24) is 5.32 Å². The number of halogens is 1. The van der Waals surface area contributed by atoms with Crippen LogP contribution in [-0.2, 0) is 4.74 Å². The van der Waals surface area contributed by atoms with Crippen LogP contribution in [0.2, 0.25) is 0 Å². The summed E-state index contributed by atoms with van der Waals surface area (Å²) in [5.74, 6) is 0.327. The Balaban J connectivity index is 1.49. The molecule has 2 unspecified atom stereocenters. The van der Waals surface area contributed by atoms with Crippen LogP contribution >= 0.6 is 0 Å². The van der Waals surface area contributed by atoms with Gasteiger partial charge >= 0.3 is 0 Å². The maximum Gasteiger partial charge on any atom is 0.126 e. The molecule has 1 aliphatic heterocycles. The van der Waals surface area contributed by atoms with Gasteiger partial charge in [-0.15, -0.1) is 0 Å². The molecule has 0 bridgehead atoms. The summed E-state index contributed by atoms with van der Waals surface area (Å²) in [6.07, 6.45) is 4.79. The molecule has 0 amide bonds. The van der Waals surface area contributed by atoms with Gasteiger partial charge in [0.2, 0.25) is 0 Å². The summed E-state index contributed by atoms with van der Waals surface area (Å²) in [6.45, 7) is 3.10. The molecule has 2 atom stereocenters. The van der Waals surface area contributed by atoms with Crippen LogP contribution in [0.25, 0.3) is 0 Å². The molecule has 1 heterocycles. The zero-order chi connectivity index (χ0) is 13.2. The van der Waals surface area contributed by atoms with Crippen molar-refractivity contribution in [3.63, 3.8) is 0 Å². The van der Waals surface area contributed by atoms with Gasteiger partial charge < -0.3 is 10.1 Å². The van der Waals surface area contributed by atoms with E-state index in [2.05, 4.69) is 12.2 Å². The molecular formula is C16H22FNO. The Bertz CT molecular complexity index is 425. The first-order valence-corrected chi connectivity index (χ1v) is 7.36. The first kappa shape index (κ1) is 13.1. The van der Waals surface area contributed by atoms with E-state index in [-0.39, 0.29) is 5.82 Å². The number of hydrogen-bond acceptors (Lipinski definition) is 2. The lowest BCUT2D eigenvalue weighted by Gasteiger charge is -2.39. The zero-order valence-corrected chi connectivity index (χ0v) is 11.4. The monoisotopic (exact) mass is 263 g/mol. The molecule has 19 heavy (non-hydrogen) atoms. The van der Waals surface area contributed by atoms with Gasteiger partial charge in [0.1, 0.15) is 5.82 Å². The van der Waals surface area contributed by atoms with Crippen LogP contribution in [0.15, 0.2) is 24.3 Å². The van der Waals surface area contributed by atoms with Crippen LogP contribution in [0.5, 0.6) is 0 Å². The lowest BCUT2D eigenvalue weighted by Crippen LogP contribution is -2.48. The Morgan fingerprint density at radius 2 is 2.11 bits per heavy atom. The highest BCUT2D eigenvalue weighted by Crippen LogP contribution is 2.38. The van der Waals surface area contributed by atoms with Crippen LogP contribution in [0.4, 0.5) is 4.39 Å². The topological polar surface area (TPSA) is 21.3 Å². The van der Waals surface area contributed by atoms with Gasteiger partial charge in [-0.05, 0) is 50.2 Å². The lowest BCUT2D eigenvalue weighted by molar-refractivity contribution is 0.0730. The van der Waals surface area contributed by atoms with Crippen molar-refractivity contribution in [2.24, 2.45) is 0 Å². The normalized spacial score (nSPS) is 32.0. The molecule has 1 N–H and O–H groups in total. The van der Waals surface area contributed by atoms with E-state index in [0.717, 1.165) is 31.4 Å². The van der Waals surface area contributed by atoms with E-state index < -0.39 is 0 Å². The van der Waals surface area contributed by atoms with E-state index in [9.17, 15) is 4.39 Å². The fourth-order valence-corrected chi connectivity index (χ4v) is 3.29. The van der Waals surface area contributed by atoms with Crippen LogP contribution in [0.3, 0.4) is 0 Å². The van der Waals surface area contributed by atoms with Crippen molar-refractivity contribution in [2.75, 3.05) is 6.61 Å².